The lowest BCUT2D eigenvalue weighted by Gasteiger charge is -2.12. The van der Waals surface area contributed by atoms with Crippen LogP contribution in [0.5, 0.6) is 0 Å². The molecule has 0 fully saturated rings. The van der Waals surface area contributed by atoms with Gasteiger partial charge >= 0.3 is 6.03 Å². The Kier molecular flexibility index (Phi) is 5.94. The molecule has 0 saturated heterocycles. The maximum absolute atomic E-state index is 13.8. The zero-order valence-electron chi connectivity index (χ0n) is 16.0. The van der Waals surface area contributed by atoms with Gasteiger partial charge in [0.1, 0.15) is 17.3 Å². The van der Waals surface area contributed by atoms with Crippen LogP contribution in [-0.2, 0) is 5.75 Å². The van der Waals surface area contributed by atoms with Gasteiger partial charge in [0.05, 0.1) is 17.1 Å². The molecule has 0 aliphatic heterocycles. The van der Waals surface area contributed by atoms with Crippen LogP contribution in [-0.4, -0.2) is 15.4 Å². The molecular weight excluding hydrogens is 422 g/mol. The standard InChI is InChI=1S/C22H16F2N4O2S/c23-14-8-9-17(16(24)11-14)26-22(30)27-18-5-1-2-6-19(18)31-13-15-12-21(29)28-10-4-3-7-20(28)25-15/h1-12H,13H2,(H2,26,27,30). The van der Waals surface area contributed by atoms with Crippen molar-refractivity contribution in [3.8, 4) is 0 Å². The Morgan fingerprint density at radius 2 is 1.74 bits per heavy atom. The zero-order valence-corrected chi connectivity index (χ0v) is 16.8. The lowest BCUT2D eigenvalue weighted by Crippen LogP contribution is -2.20. The third-order valence-electron chi connectivity index (χ3n) is 4.31. The van der Waals surface area contributed by atoms with Crippen molar-refractivity contribution in [1.82, 2.24) is 9.38 Å². The smallest absolute Gasteiger partial charge is 0.307 e. The Morgan fingerprint density at radius 3 is 2.58 bits per heavy atom. The third kappa shape index (κ3) is 4.89. The number of nitrogens with one attached hydrogen (secondary N) is 2. The van der Waals surface area contributed by atoms with Gasteiger partial charge in [0.2, 0.25) is 0 Å². The molecule has 0 spiro atoms. The number of aromatic nitrogens is 2. The van der Waals surface area contributed by atoms with Crippen molar-refractivity contribution in [1.29, 1.82) is 0 Å². The fraction of sp³-hybridized carbons (Fsp3) is 0.0455. The lowest BCUT2D eigenvalue weighted by molar-refractivity contribution is 0.262. The molecule has 0 radical (unpaired) electrons. The van der Waals surface area contributed by atoms with E-state index in [0.29, 0.717) is 28.8 Å². The van der Waals surface area contributed by atoms with Crippen molar-refractivity contribution >= 4 is 34.8 Å². The Bertz CT molecular complexity index is 1330. The van der Waals surface area contributed by atoms with Crippen LogP contribution in [0, 0.1) is 11.6 Å². The van der Waals surface area contributed by atoms with Gasteiger partial charge in [-0.25, -0.2) is 18.6 Å². The van der Waals surface area contributed by atoms with E-state index >= 15 is 0 Å². The molecule has 4 aromatic rings. The molecule has 0 aliphatic rings. The molecule has 9 heteroatoms. The second-order valence-electron chi connectivity index (χ2n) is 6.50. The first-order chi connectivity index (χ1) is 15.0. The van der Waals surface area contributed by atoms with Crippen LogP contribution in [0.15, 0.2) is 82.6 Å². The van der Waals surface area contributed by atoms with Gasteiger partial charge in [-0.15, -0.1) is 11.8 Å². The first-order valence-corrected chi connectivity index (χ1v) is 10.2. The number of para-hydroxylation sites is 1. The molecule has 0 aliphatic carbocycles. The van der Waals surface area contributed by atoms with Gasteiger partial charge < -0.3 is 10.6 Å². The molecule has 156 valence electrons. The minimum Gasteiger partial charge on any atom is -0.307 e. The quantitative estimate of drug-likeness (QED) is 0.434. The maximum atomic E-state index is 13.8. The number of pyridine rings is 1. The summed E-state index contributed by atoms with van der Waals surface area (Å²) in [5.41, 5.74) is 1.36. The maximum Gasteiger partial charge on any atom is 0.323 e. The number of carbonyl (C=O) groups excluding carboxylic acids is 1. The molecule has 6 nitrogen and oxygen atoms in total. The Hall–Kier alpha value is -3.72. The number of urea groups is 1. The number of thioether (sulfide) groups is 1. The van der Waals surface area contributed by atoms with Crippen molar-refractivity contribution in [2.24, 2.45) is 0 Å². The highest BCUT2D eigenvalue weighted by Crippen LogP contribution is 2.29. The number of amides is 2. The van der Waals surface area contributed by atoms with Crippen molar-refractivity contribution in [3.63, 3.8) is 0 Å². The molecule has 2 heterocycles. The van der Waals surface area contributed by atoms with Crippen molar-refractivity contribution in [2.75, 3.05) is 10.6 Å². The molecular formula is C22H16F2N4O2S. The summed E-state index contributed by atoms with van der Waals surface area (Å²) in [6.45, 7) is 0. The number of carbonyl (C=O) groups is 1. The van der Waals surface area contributed by atoms with Crippen LogP contribution >= 0.6 is 11.8 Å². The summed E-state index contributed by atoms with van der Waals surface area (Å²) in [4.78, 5) is 29.8. The number of hydrogen-bond donors (Lipinski definition) is 2. The highest BCUT2D eigenvalue weighted by Gasteiger charge is 2.11. The molecule has 0 saturated carbocycles. The molecule has 2 aromatic heterocycles. The Balaban J connectivity index is 1.47. The Morgan fingerprint density at radius 1 is 0.968 bits per heavy atom. The summed E-state index contributed by atoms with van der Waals surface area (Å²) < 4.78 is 28.2. The van der Waals surface area contributed by atoms with E-state index in [0.717, 1.165) is 17.0 Å². The van der Waals surface area contributed by atoms with Gasteiger partial charge in [-0.3, -0.25) is 9.20 Å². The van der Waals surface area contributed by atoms with Crippen LogP contribution in [0.4, 0.5) is 25.0 Å². The second-order valence-corrected chi connectivity index (χ2v) is 7.52. The summed E-state index contributed by atoms with van der Waals surface area (Å²) in [5, 5.41) is 5.02. The number of anilines is 2. The van der Waals surface area contributed by atoms with Crippen molar-refractivity contribution < 1.29 is 13.6 Å². The van der Waals surface area contributed by atoms with E-state index in [2.05, 4.69) is 15.6 Å². The molecule has 2 N–H and O–H groups in total. The van der Waals surface area contributed by atoms with Crippen LogP contribution < -0.4 is 16.2 Å². The molecule has 2 aromatic carbocycles. The minimum atomic E-state index is -0.869. The fourth-order valence-corrected chi connectivity index (χ4v) is 3.79. The van der Waals surface area contributed by atoms with Gasteiger partial charge in [-0.2, -0.15) is 0 Å². The van der Waals surface area contributed by atoms with Gasteiger partial charge in [-0.1, -0.05) is 18.2 Å². The van der Waals surface area contributed by atoms with E-state index in [-0.39, 0.29) is 11.2 Å². The summed E-state index contributed by atoms with van der Waals surface area (Å²) in [6, 6.07) is 16.1. The summed E-state index contributed by atoms with van der Waals surface area (Å²) in [6.07, 6.45) is 1.66. The molecule has 2 amide bonds. The zero-order chi connectivity index (χ0) is 21.8. The minimum absolute atomic E-state index is 0.134. The highest BCUT2D eigenvalue weighted by molar-refractivity contribution is 7.98. The normalized spacial score (nSPS) is 10.8. The lowest BCUT2D eigenvalue weighted by atomic mass is 10.3. The predicted octanol–water partition coefficient (Wildman–Crippen LogP) is 4.91. The van der Waals surface area contributed by atoms with Crippen LogP contribution in [0.3, 0.4) is 0 Å². The first-order valence-electron chi connectivity index (χ1n) is 9.22. The number of hydrogen-bond acceptors (Lipinski definition) is 4. The molecule has 0 unspecified atom stereocenters. The van der Waals surface area contributed by atoms with Gasteiger partial charge in [0.15, 0.2) is 0 Å². The summed E-state index contributed by atoms with van der Waals surface area (Å²) in [7, 11) is 0. The average molecular weight is 438 g/mol. The fourth-order valence-electron chi connectivity index (χ4n) is 2.89. The van der Waals surface area contributed by atoms with E-state index in [4.69, 9.17) is 0 Å². The first kappa shape index (κ1) is 20.5. The molecule has 0 atom stereocenters. The molecule has 31 heavy (non-hydrogen) atoms. The Labute approximate surface area is 180 Å². The van der Waals surface area contributed by atoms with Crippen LogP contribution in [0.25, 0.3) is 5.65 Å². The number of nitrogens with zero attached hydrogens (tertiary/aromatic N) is 2. The van der Waals surface area contributed by atoms with E-state index in [1.807, 2.05) is 12.1 Å². The summed E-state index contributed by atoms with van der Waals surface area (Å²) in [5.74, 6) is -1.19. The second kappa shape index (κ2) is 8.97. The molecule has 4 rings (SSSR count). The third-order valence-corrected chi connectivity index (χ3v) is 5.42. The topological polar surface area (TPSA) is 75.5 Å². The van der Waals surface area contributed by atoms with Gasteiger partial charge in [-0.05, 0) is 36.4 Å². The number of fused-ring (bicyclic) bond motifs is 1. The molecule has 0 bridgehead atoms. The monoisotopic (exact) mass is 438 g/mol. The summed E-state index contributed by atoms with van der Waals surface area (Å²) >= 11 is 1.39. The van der Waals surface area contributed by atoms with Crippen molar-refractivity contribution in [3.05, 3.63) is 101 Å². The van der Waals surface area contributed by atoms with Crippen LogP contribution in [0.1, 0.15) is 5.69 Å². The van der Waals surface area contributed by atoms with E-state index in [1.54, 1.807) is 36.5 Å². The van der Waals surface area contributed by atoms with Gasteiger partial charge in [0, 0.05) is 29.0 Å². The van der Waals surface area contributed by atoms with E-state index in [1.165, 1.54) is 22.2 Å². The SMILES string of the molecule is O=C(Nc1ccc(F)cc1F)Nc1ccccc1SCc1cc(=O)n2ccccc2n1. The van der Waals surface area contributed by atoms with Gasteiger partial charge in [0.25, 0.3) is 5.56 Å². The largest absolute Gasteiger partial charge is 0.323 e. The number of halogens is 2. The van der Waals surface area contributed by atoms with Crippen LogP contribution in [0.2, 0.25) is 0 Å². The van der Waals surface area contributed by atoms with E-state index < -0.39 is 17.7 Å². The number of rotatable bonds is 5. The number of benzene rings is 2. The van der Waals surface area contributed by atoms with E-state index in [9.17, 15) is 18.4 Å². The predicted molar refractivity (Wildman–Crippen MR) is 116 cm³/mol. The average Bonchev–Trinajstić information content (AvgIpc) is 2.75. The highest BCUT2D eigenvalue weighted by atomic mass is 32.2. The van der Waals surface area contributed by atoms with Crippen molar-refractivity contribution in [2.45, 2.75) is 10.6 Å².